The maximum atomic E-state index is 14.1. The van der Waals surface area contributed by atoms with Crippen molar-refractivity contribution >= 4 is 33.1 Å². The van der Waals surface area contributed by atoms with E-state index in [1.807, 2.05) is 37.3 Å². The van der Waals surface area contributed by atoms with Crippen LogP contribution in [0.15, 0.2) is 76.4 Å². The third kappa shape index (κ3) is 3.99. The van der Waals surface area contributed by atoms with Crippen LogP contribution in [0.3, 0.4) is 0 Å². The second-order valence-electron chi connectivity index (χ2n) is 7.81. The Kier molecular flexibility index (Phi) is 5.69. The highest BCUT2D eigenvalue weighted by Gasteiger charge is 2.22. The average Bonchev–Trinajstić information content (AvgIpc) is 3.22. The lowest BCUT2D eigenvalue weighted by Crippen LogP contribution is -2.29. The molecule has 0 fully saturated rings. The molecule has 11 heteroatoms. The first-order chi connectivity index (χ1) is 16.8. The molecule has 3 aromatic heterocycles. The Morgan fingerprint density at radius 1 is 1.14 bits per heavy atom. The molecule has 0 aliphatic carbocycles. The Morgan fingerprint density at radius 2 is 1.91 bits per heavy atom. The number of aromatic hydroxyl groups is 1. The molecular formula is C24H19BrFN7O2. The first-order valence-corrected chi connectivity index (χ1v) is 11.4. The molecule has 0 radical (unpaired) electrons. The normalized spacial score (nSPS) is 12.1. The van der Waals surface area contributed by atoms with E-state index in [2.05, 4.69) is 31.2 Å². The predicted molar refractivity (Wildman–Crippen MR) is 134 cm³/mol. The molecule has 4 N–H and O–H groups in total. The van der Waals surface area contributed by atoms with Gasteiger partial charge in [0.15, 0.2) is 17.4 Å². The van der Waals surface area contributed by atoms with Gasteiger partial charge in [-0.1, -0.05) is 24.3 Å². The molecule has 0 bridgehead atoms. The van der Waals surface area contributed by atoms with Gasteiger partial charge in [-0.2, -0.15) is 5.10 Å². The lowest BCUT2D eigenvalue weighted by Gasteiger charge is -2.21. The molecular weight excluding hydrogens is 517 g/mol. The summed E-state index contributed by atoms with van der Waals surface area (Å²) in [5.74, 6) is -0.421. The van der Waals surface area contributed by atoms with Crippen LogP contribution in [0, 0.1) is 5.82 Å². The standard InChI is InChI=1S/C24H19BrFN7O2/c1-13(30-22-19(21(27)28-12-29-22)14-7-8-18(34)17(26)11-14)23-31-32-10-9-16(25)20(32)24(35)33(23)15-5-3-2-4-6-15/h2-13,34H,1H3,(H3,27,28,29,30)/t13-/m0/s1. The molecule has 0 amide bonds. The van der Waals surface area contributed by atoms with Crippen LogP contribution >= 0.6 is 15.9 Å². The number of phenolic OH excluding ortho intramolecular Hbond substituents is 1. The summed E-state index contributed by atoms with van der Waals surface area (Å²) in [4.78, 5) is 21.9. The third-order valence-electron chi connectivity index (χ3n) is 5.53. The number of benzene rings is 2. The summed E-state index contributed by atoms with van der Waals surface area (Å²) in [6.07, 6.45) is 2.98. The van der Waals surface area contributed by atoms with Gasteiger partial charge in [0.2, 0.25) is 0 Å². The molecule has 35 heavy (non-hydrogen) atoms. The number of nitrogens with two attached hydrogens (primary N) is 1. The minimum absolute atomic E-state index is 0.123. The van der Waals surface area contributed by atoms with Crippen LogP contribution in [0.5, 0.6) is 5.75 Å². The Bertz CT molecular complexity index is 1620. The maximum absolute atomic E-state index is 14.1. The van der Waals surface area contributed by atoms with E-state index < -0.39 is 17.6 Å². The van der Waals surface area contributed by atoms with Gasteiger partial charge in [-0.3, -0.25) is 9.36 Å². The Balaban J connectivity index is 1.65. The second kappa shape index (κ2) is 8.84. The van der Waals surface area contributed by atoms with Gasteiger partial charge >= 0.3 is 0 Å². The summed E-state index contributed by atoms with van der Waals surface area (Å²) in [5.41, 5.74) is 7.65. The number of nitrogens with one attached hydrogen (secondary N) is 1. The smallest absolute Gasteiger partial charge is 0.283 e. The van der Waals surface area contributed by atoms with Gasteiger partial charge in [-0.25, -0.2) is 18.9 Å². The van der Waals surface area contributed by atoms with Crippen molar-refractivity contribution in [1.82, 2.24) is 24.1 Å². The number of hydrogen-bond acceptors (Lipinski definition) is 7. The van der Waals surface area contributed by atoms with E-state index in [1.165, 1.54) is 27.5 Å². The molecule has 5 rings (SSSR count). The van der Waals surface area contributed by atoms with E-state index in [9.17, 15) is 14.3 Å². The highest BCUT2D eigenvalue weighted by atomic mass is 79.9. The summed E-state index contributed by atoms with van der Waals surface area (Å²) >= 11 is 3.42. The highest BCUT2D eigenvalue weighted by molar-refractivity contribution is 9.10. The summed E-state index contributed by atoms with van der Waals surface area (Å²) in [7, 11) is 0. The fourth-order valence-corrected chi connectivity index (χ4v) is 4.35. The maximum Gasteiger partial charge on any atom is 0.283 e. The van der Waals surface area contributed by atoms with Crippen molar-refractivity contribution in [3.05, 3.63) is 93.6 Å². The number of hydrogen-bond donors (Lipinski definition) is 3. The van der Waals surface area contributed by atoms with Crippen LogP contribution in [0.25, 0.3) is 22.3 Å². The number of halogens is 2. The Morgan fingerprint density at radius 3 is 2.66 bits per heavy atom. The van der Waals surface area contributed by atoms with Crippen molar-refractivity contribution in [2.45, 2.75) is 13.0 Å². The number of rotatable bonds is 5. The first kappa shape index (κ1) is 22.5. The van der Waals surface area contributed by atoms with Gasteiger partial charge < -0.3 is 16.2 Å². The number of phenols is 1. The number of fused-ring (bicyclic) bond motifs is 1. The zero-order valence-corrected chi connectivity index (χ0v) is 19.9. The van der Waals surface area contributed by atoms with E-state index in [1.54, 1.807) is 12.3 Å². The third-order valence-corrected chi connectivity index (χ3v) is 6.17. The molecule has 2 aromatic carbocycles. The number of nitrogens with zero attached hydrogens (tertiary/aromatic N) is 5. The molecule has 0 aliphatic heterocycles. The summed E-state index contributed by atoms with van der Waals surface area (Å²) in [6.45, 7) is 1.82. The van der Waals surface area contributed by atoms with Crippen LogP contribution in [-0.4, -0.2) is 29.3 Å². The van der Waals surface area contributed by atoms with Crippen molar-refractivity contribution in [3.63, 3.8) is 0 Å². The quantitative estimate of drug-likeness (QED) is 0.306. The first-order valence-electron chi connectivity index (χ1n) is 10.6. The monoisotopic (exact) mass is 535 g/mol. The Labute approximate surface area is 206 Å². The molecule has 0 saturated heterocycles. The van der Waals surface area contributed by atoms with Crippen molar-refractivity contribution in [1.29, 1.82) is 0 Å². The fourth-order valence-electron chi connectivity index (χ4n) is 3.88. The molecule has 1 atom stereocenters. The van der Waals surface area contributed by atoms with Crippen molar-refractivity contribution in [2.75, 3.05) is 11.1 Å². The summed E-state index contributed by atoms with van der Waals surface area (Å²) in [5, 5.41) is 17.5. The van der Waals surface area contributed by atoms with Gasteiger partial charge in [0.05, 0.1) is 21.8 Å². The average molecular weight is 536 g/mol. The van der Waals surface area contributed by atoms with Crippen LogP contribution in [0.2, 0.25) is 0 Å². The molecule has 0 saturated carbocycles. The lowest BCUT2D eigenvalue weighted by molar-refractivity contribution is 0.432. The van der Waals surface area contributed by atoms with E-state index in [4.69, 9.17) is 10.8 Å². The van der Waals surface area contributed by atoms with Gasteiger partial charge in [0.25, 0.3) is 5.56 Å². The number of anilines is 2. The van der Waals surface area contributed by atoms with Crippen molar-refractivity contribution in [2.24, 2.45) is 0 Å². The largest absolute Gasteiger partial charge is 0.505 e. The van der Waals surface area contributed by atoms with Gasteiger partial charge in [-0.15, -0.1) is 0 Å². The SMILES string of the molecule is C[C@H](Nc1ncnc(N)c1-c1ccc(O)c(F)c1)c1nn2ccc(Br)c2c(=O)n1-c1ccccc1. The van der Waals surface area contributed by atoms with Crippen LogP contribution in [0.4, 0.5) is 16.0 Å². The highest BCUT2D eigenvalue weighted by Crippen LogP contribution is 2.34. The van der Waals surface area contributed by atoms with E-state index in [-0.39, 0.29) is 11.4 Å². The summed E-state index contributed by atoms with van der Waals surface area (Å²) < 4.78 is 17.8. The minimum atomic E-state index is -0.798. The predicted octanol–water partition coefficient (Wildman–Crippen LogP) is 4.30. The molecule has 9 nitrogen and oxygen atoms in total. The lowest BCUT2D eigenvalue weighted by atomic mass is 10.1. The van der Waals surface area contributed by atoms with Gasteiger partial charge in [0.1, 0.15) is 23.5 Å². The molecule has 176 valence electrons. The Hall–Kier alpha value is -4.25. The molecule has 0 aliphatic rings. The topological polar surface area (TPSA) is 123 Å². The number of nitrogen functional groups attached to an aromatic ring is 1. The molecule has 0 unspecified atom stereocenters. The molecule has 5 aromatic rings. The van der Waals surface area contributed by atoms with Gasteiger partial charge in [0, 0.05) is 6.20 Å². The van der Waals surface area contributed by atoms with Crippen molar-refractivity contribution < 1.29 is 9.50 Å². The fraction of sp³-hybridized carbons (Fsp3) is 0.0833. The second-order valence-corrected chi connectivity index (χ2v) is 8.66. The van der Waals surface area contributed by atoms with Crippen LogP contribution in [-0.2, 0) is 0 Å². The van der Waals surface area contributed by atoms with E-state index in [0.717, 1.165) is 6.07 Å². The van der Waals surface area contributed by atoms with Crippen LogP contribution in [0.1, 0.15) is 18.8 Å². The summed E-state index contributed by atoms with van der Waals surface area (Å²) in [6, 6.07) is 14.3. The van der Waals surface area contributed by atoms with E-state index >= 15 is 0 Å². The minimum Gasteiger partial charge on any atom is -0.505 e. The molecule has 0 spiro atoms. The molecule has 3 heterocycles. The number of aromatic nitrogens is 5. The van der Waals surface area contributed by atoms with Gasteiger partial charge in [-0.05, 0) is 58.7 Å². The van der Waals surface area contributed by atoms with Crippen LogP contribution < -0.4 is 16.6 Å². The van der Waals surface area contributed by atoms with E-state index in [0.29, 0.717) is 38.4 Å². The van der Waals surface area contributed by atoms with Crippen molar-refractivity contribution in [3.8, 4) is 22.6 Å². The zero-order chi connectivity index (χ0) is 24.7. The number of para-hydroxylation sites is 1. The zero-order valence-electron chi connectivity index (χ0n) is 18.4.